The summed E-state index contributed by atoms with van der Waals surface area (Å²) in [6.45, 7) is 0. The summed E-state index contributed by atoms with van der Waals surface area (Å²) in [5.41, 5.74) is 9.90. The van der Waals surface area contributed by atoms with Crippen molar-refractivity contribution in [2.75, 3.05) is 4.90 Å². The predicted octanol–water partition coefficient (Wildman–Crippen LogP) is 13.0. The van der Waals surface area contributed by atoms with E-state index in [-0.39, 0.29) is 5.41 Å². The van der Waals surface area contributed by atoms with Crippen LogP contribution in [0.5, 0.6) is 0 Å². The van der Waals surface area contributed by atoms with Crippen molar-refractivity contribution in [2.45, 2.75) is 82.0 Å². The summed E-state index contributed by atoms with van der Waals surface area (Å²) in [6, 6.07) is 45.6. The summed E-state index contributed by atoms with van der Waals surface area (Å²) in [5.74, 6) is 2.57. The zero-order chi connectivity index (χ0) is 31.2. The van der Waals surface area contributed by atoms with Gasteiger partial charge in [-0.2, -0.15) is 0 Å². The lowest BCUT2D eigenvalue weighted by Crippen LogP contribution is -2.29. The number of anilines is 3. The van der Waals surface area contributed by atoms with Crippen molar-refractivity contribution in [1.29, 1.82) is 0 Å². The lowest BCUT2D eigenvalue weighted by atomic mass is 9.67. The number of rotatable bonds is 6. The molecule has 0 N–H and O–H groups in total. The van der Waals surface area contributed by atoms with Crippen LogP contribution < -0.4 is 4.90 Å². The molecule has 3 unspecified atom stereocenters. The van der Waals surface area contributed by atoms with Crippen LogP contribution in [-0.4, -0.2) is 0 Å². The van der Waals surface area contributed by atoms with Crippen LogP contribution in [0.15, 0.2) is 126 Å². The third kappa shape index (κ3) is 5.17. The van der Waals surface area contributed by atoms with Gasteiger partial charge in [0.25, 0.3) is 0 Å². The van der Waals surface area contributed by atoms with Crippen molar-refractivity contribution in [3.8, 4) is 0 Å². The van der Waals surface area contributed by atoms with Crippen LogP contribution in [0.25, 0.3) is 21.9 Å². The zero-order valence-electron chi connectivity index (χ0n) is 27.4. The Morgan fingerprint density at radius 3 is 1.89 bits per heavy atom. The number of hydrogen-bond acceptors (Lipinski definition) is 2. The maximum Gasteiger partial charge on any atom is 0.137 e. The maximum atomic E-state index is 6.39. The highest BCUT2D eigenvalue weighted by molar-refractivity contribution is 6.06. The van der Waals surface area contributed by atoms with Gasteiger partial charge < -0.3 is 9.32 Å². The van der Waals surface area contributed by atoms with Crippen molar-refractivity contribution in [2.24, 2.45) is 11.8 Å². The first kappa shape index (κ1) is 28.9. The molecule has 2 heteroatoms. The molecular weight excluding hydrogens is 571 g/mol. The van der Waals surface area contributed by atoms with E-state index in [2.05, 4.69) is 126 Å². The third-order valence-corrected chi connectivity index (χ3v) is 12.1. The lowest BCUT2D eigenvalue weighted by molar-refractivity contribution is 0.366. The second kappa shape index (κ2) is 12.1. The molecular formula is C45H45NO. The molecule has 3 saturated carbocycles. The molecule has 3 fully saturated rings. The Balaban J connectivity index is 1.12. The predicted molar refractivity (Wildman–Crippen MR) is 196 cm³/mol. The van der Waals surface area contributed by atoms with Crippen LogP contribution in [0.4, 0.5) is 17.1 Å². The molecule has 236 valence electrons. The normalized spacial score (nSPS) is 22.3. The Morgan fingerprint density at radius 2 is 1.17 bits per heavy atom. The molecule has 3 aliphatic rings. The Bertz CT molecular complexity index is 1980. The van der Waals surface area contributed by atoms with Gasteiger partial charge in [0.2, 0.25) is 0 Å². The van der Waals surface area contributed by atoms with Gasteiger partial charge >= 0.3 is 0 Å². The smallest absolute Gasteiger partial charge is 0.137 e. The molecule has 0 spiro atoms. The van der Waals surface area contributed by atoms with E-state index in [1.807, 2.05) is 0 Å². The first-order valence-electron chi connectivity index (χ1n) is 18.2. The van der Waals surface area contributed by atoms with E-state index in [0.717, 1.165) is 34.6 Å². The van der Waals surface area contributed by atoms with Gasteiger partial charge in [-0.25, -0.2) is 0 Å². The number of hydrogen-bond donors (Lipinski definition) is 0. The maximum absolute atomic E-state index is 6.39. The van der Waals surface area contributed by atoms with Crippen LogP contribution in [0.2, 0.25) is 0 Å². The molecule has 1 aromatic heterocycles. The van der Waals surface area contributed by atoms with E-state index in [9.17, 15) is 0 Å². The third-order valence-electron chi connectivity index (χ3n) is 12.1. The molecule has 3 aliphatic carbocycles. The minimum Gasteiger partial charge on any atom is -0.456 e. The second-order valence-electron chi connectivity index (χ2n) is 14.7. The number of benzene rings is 5. The van der Waals surface area contributed by atoms with E-state index in [1.165, 1.54) is 109 Å². The highest BCUT2D eigenvalue weighted by atomic mass is 16.3. The second-order valence-corrected chi connectivity index (χ2v) is 14.7. The highest BCUT2D eigenvalue weighted by Gasteiger charge is 2.40. The van der Waals surface area contributed by atoms with Crippen LogP contribution in [0.3, 0.4) is 0 Å². The molecule has 6 aromatic rings. The summed E-state index contributed by atoms with van der Waals surface area (Å²) in [4.78, 5) is 2.42. The Labute approximate surface area is 279 Å². The zero-order valence-corrected chi connectivity index (χ0v) is 27.4. The largest absolute Gasteiger partial charge is 0.456 e. The van der Waals surface area contributed by atoms with Crippen molar-refractivity contribution < 1.29 is 4.42 Å². The van der Waals surface area contributed by atoms with Crippen LogP contribution >= 0.6 is 0 Å². The topological polar surface area (TPSA) is 16.4 Å². The summed E-state index contributed by atoms with van der Waals surface area (Å²) < 4.78 is 6.39. The Morgan fingerprint density at radius 1 is 0.532 bits per heavy atom. The van der Waals surface area contributed by atoms with Gasteiger partial charge in [-0.05, 0) is 109 Å². The van der Waals surface area contributed by atoms with Crippen LogP contribution in [0.1, 0.15) is 93.2 Å². The van der Waals surface area contributed by atoms with E-state index in [0.29, 0.717) is 0 Å². The molecule has 2 bridgehead atoms. The monoisotopic (exact) mass is 615 g/mol. The molecule has 0 radical (unpaired) electrons. The number of nitrogens with zero attached hydrogens (tertiary/aromatic N) is 1. The first-order valence-corrected chi connectivity index (χ1v) is 18.2. The van der Waals surface area contributed by atoms with Crippen molar-refractivity contribution in [3.63, 3.8) is 0 Å². The summed E-state index contributed by atoms with van der Waals surface area (Å²) >= 11 is 0. The van der Waals surface area contributed by atoms with Crippen molar-refractivity contribution in [3.05, 3.63) is 138 Å². The molecule has 0 saturated heterocycles. The lowest BCUT2D eigenvalue weighted by Gasteiger charge is -2.37. The minimum atomic E-state index is 0.0700. The van der Waals surface area contributed by atoms with Crippen LogP contribution in [0, 0.1) is 11.8 Å². The molecule has 47 heavy (non-hydrogen) atoms. The summed E-state index contributed by atoms with van der Waals surface area (Å²) in [5, 5.41) is 2.34. The average Bonchev–Trinajstić information content (AvgIpc) is 3.85. The van der Waals surface area contributed by atoms with Gasteiger partial charge in [0.1, 0.15) is 11.2 Å². The molecule has 0 amide bonds. The van der Waals surface area contributed by atoms with Gasteiger partial charge in [-0.3, -0.25) is 0 Å². The van der Waals surface area contributed by atoms with Gasteiger partial charge in [0.15, 0.2) is 0 Å². The first-order chi connectivity index (χ1) is 23.2. The SMILES string of the molecule is c1ccc(C2(c3ccc(N(c4ccc(C5CC6CCC5C6)cc4)c4ccc5c(c4)oc4ccccc45)cc3)CCCCCCC2)cc1. The molecule has 0 aliphatic heterocycles. The standard InChI is InChI=1S/C45H45NO/c1-2-9-27-45(28-10-3-1,35-11-5-4-6-12-35)36-19-23-38(24-20-36)46(37-21-17-33(18-22-37)42-30-32-15-16-34(42)29-32)39-25-26-41-40-13-7-8-14-43(40)47-44(41)31-39/h4-8,11-14,17-26,31-32,34,42H,1-3,9-10,15-16,27-30H2. The molecule has 5 aromatic carbocycles. The minimum absolute atomic E-state index is 0.0700. The molecule has 1 heterocycles. The Hall–Kier alpha value is -4.30. The van der Waals surface area contributed by atoms with Crippen molar-refractivity contribution >= 4 is 39.0 Å². The number of fused-ring (bicyclic) bond motifs is 5. The molecule has 2 nitrogen and oxygen atoms in total. The Kier molecular flexibility index (Phi) is 7.41. The molecule has 3 atom stereocenters. The van der Waals surface area contributed by atoms with Gasteiger partial charge in [0, 0.05) is 39.3 Å². The van der Waals surface area contributed by atoms with E-state index >= 15 is 0 Å². The van der Waals surface area contributed by atoms with Crippen molar-refractivity contribution in [1.82, 2.24) is 0 Å². The van der Waals surface area contributed by atoms with Crippen LogP contribution in [-0.2, 0) is 5.41 Å². The average molecular weight is 616 g/mol. The quantitative estimate of drug-likeness (QED) is 0.185. The van der Waals surface area contributed by atoms with Gasteiger partial charge in [-0.1, -0.05) is 111 Å². The van der Waals surface area contributed by atoms with E-state index in [1.54, 1.807) is 0 Å². The fraction of sp³-hybridized carbons (Fsp3) is 0.333. The van der Waals surface area contributed by atoms with E-state index < -0.39 is 0 Å². The van der Waals surface area contributed by atoms with Gasteiger partial charge in [0.05, 0.1) is 0 Å². The van der Waals surface area contributed by atoms with E-state index in [4.69, 9.17) is 4.42 Å². The fourth-order valence-corrected chi connectivity index (χ4v) is 9.76. The molecule has 9 rings (SSSR count). The fourth-order valence-electron chi connectivity index (χ4n) is 9.76. The summed E-state index contributed by atoms with van der Waals surface area (Å²) in [7, 11) is 0. The number of furan rings is 1. The summed E-state index contributed by atoms with van der Waals surface area (Å²) in [6.07, 6.45) is 14.7. The number of para-hydroxylation sites is 1. The van der Waals surface area contributed by atoms with Gasteiger partial charge in [-0.15, -0.1) is 0 Å². The highest BCUT2D eigenvalue weighted by Crippen LogP contribution is 2.53.